The Morgan fingerprint density at radius 1 is 1.21 bits per heavy atom. The third kappa shape index (κ3) is 3.05. The highest BCUT2D eigenvalue weighted by molar-refractivity contribution is 5.78. The summed E-state index contributed by atoms with van der Waals surface area (Å²) in [4.78, 5) is 13.5. The van der Waals surface area contributed by atoms with Gasteiger partial charge in [0.15, 0.2) is 5.82 Å². The van der Waals surface area contributed by atoms with Crippen LogP contribution in [0.4, 0.5) is 5.82 Å². The minimum absolute atomic E-state index is 0.193. The number of fused-ring (bicyclic) bond motifs is 2. The second-order valence-electron chi connectivity index (χ2n) is 6.99. The Labute approximate surface area is 167 Å². The molecule has 0 fully saturated rings. The van der Waals surface area contributed by atoms with E-state index >= 15 is 0 Å². The van der Waals surface area contributed by atoms with Gasteiger partial charge in [-0.1, -0.05) is 6.07 Å². The quantitative estimate of drug-likeness (QED) is 0.578. The van der Waals surface area contributed by atoms with E-state index in [9.17, 15) is 0 Å². The molecular formula is C22H18N6O. The molecule has 0 saturated heterocycles. The number of nitrogens with zero attached hydrogens (tertiary/aromatic N) is 5. The van der Waals surface area contributed by atoms with Crippen LogP contribution < -0.4 is 10.1 Å². The molecule has 142 valence electrons. The topological polar surface area (TPSA) is 88.6 Å². The Balaban J connectivity index is 1.44. The number of aromatic nitrogens is 4. The molecule has 0 saturated carbocycles. The van der Waals surface area contributed by atoms with Crippen LogP contribution in [0, 0.1) is 11.3 Å². The summed E-state index contributed by atoms with van der Waals surface area (Å²) in [6.45, 7) is 0. The molecule has 5 rings (SSSR count). The van der Waals surface area contributed by atoms with Crippen molar-refractivity contribution < 1.29 is 4.74 Å². The number of aryl methyl sites for hydroxylation is 1. The Morgan fingerprint density at radius 2 is 2.14 bits per heavy atom. The molecule has 0 spiro atoms. The van der Waals surface area contributed by atoms with Crippen LogP contribution in [0.3, 0.4) is 0 Å². The van der Waals surface area contributed by atoms with Crippen molar-refractivity contribution in [1.82, 2.24) is 19.5 Å². The van der Waals surface area contributed by atoms with Gasteiger partial charge < -0.3 is 10.1 Å². The van der Waals surface area contributed by atoms with Gasteiger partial charge in [-0.15, -0.1) is 0 Å². The molecule has 1 aliphatic carbocycles. The summed E-state index contributed by atoms with van der Waals surface area (Å²) in [5.74, 6) is 2.28. The molecule has 1 atom stereocenters. The first kappa shape index (κ1) is 17.2. The van der Waals surface area contributed by atoms with Gasteiger partial charge in [-0.3, -0.25) is 9.55 Å². The summed E-state index contributed by atoms with van der Waals surface area (Å²) in [7, 11) is 1.69. The highest BCUT2D eigenvalue weighted by Gasteiger charge is 2.23. The molecule has 1 aliphatic rings. The van der Waals surface area contributed by atoms with Crippen molar-refractivity contribution in [3.8, 4) is 17.6 Å². The maximum absolute atomic E-state index is 9.07. The maximum Gasteiger partial charge on any atom is 0.159 e. The lowest BCUT2D eigenvalue weighted by Crippen LogP contribution is -2.10. The predicted molar refractivity (Wildman–Crippen MR) is 109 cm³/mol. The zero-order valence-corrected chi connectivity index (χ0v) is 15.8. The zero-order chi connectivity index (χ0) is 19.8. The average Bonchev–Trinajstić information content (AvgIpc) is 3.37. The Hall–Kier alpha value is -3.92. The van der Waals surface area contributed by atoms with Crippen LogP contribution in [0.15, 0.2) is 55.1 Å². The first-order valence-corrected chi connectivity index (χ1v) is 9.38. The predicted octanol–water partition coefficient (Wildman–Crippen LogP) is 3.80. The summed E-state index contributed by atoms with van der Waals surface area (Å²) in [6, 6.07) is 14.0. The molecule has 2 heterocycles. The molecule has 2 aromatic heterocycles. The third-order valence-electron chi connectivity index (χ3n) is 5.30. The number of ether oxygens (including phenoxy) is 1. The second-order valence-corrected chi connectivity index (χ2v) is 6.99. The number of imidazole rings is 1. The summed E-state index contributed by atoms with van der Waals surface area (Å²) in [5.41, 5.74) is 4.80. The van der Waals surface area contributed by atoms with Crippen LogP contribution in [0.2, 0.25) is 0 Å². The molecule has 4 aromatic rings. The standard InChI is InChI=1S/C22H18N6O/c1-29-16-4-5-17-15(9-16)3-6-18(17)26-21-11-24-12-22(27-21)28-13-25-19-8-14(10-23)2-7-20(19)28/h2,4-5,7-9,11-13,18H,3,6H2,1H3,(H,26,27). The minimum atomic E-state index is 0.193. The molecule has 0 amide bonds. The first-order valence-electron chi connectivity index (χ1n) is 9.38. The first-order chi connectivity index (χ1) is 14.2. The van der Waals surface area contributed by atoms with Crippen LogP contribution >= 0.6 is 0 Å². The van der Waals surface area contributed by atoms with Crippen molar-refractivity contribution in [3.63, 3.8) is 0 Å². The van der Waals surface area contributed by atoms with Gasteiger partial charge >= 0.3 is 0 Å². The van der Waals surface area contributed by atoms with Crippen molar-refractivity contribution in [2.24, 2.45) is 0 Å². The van der Waals surface area contributed by atoms with Gasteiger partial charge in [0.25, 0.3) is 0 Å². The summed E-state index contributed by atoms with van der Waals surface area (Å²) < 4.78 is 7.21. The van der Waals surface area contributed by atoms with Gasteiger partial charge in [0.1, 0.15) is 17.9 Å². The van der Waals surface area contributed by atoms with Crippen LogP contribution in [0.25, 0.3) is 16.9 Å². The second kappa shape index (κ2) is 6.91. The van der Waals surface area contributed by atoms with Crippen molar-refractivity contribution in [2.45, 2.75) is 18.9 Å². The van der Waals surface area contributed by atoms with E-state index in [2.05, 4.69) is 33.5 Å². The van der Waals surface area contributed by atoms with E-state index in [1.165, 1.54) is 11.1 Å². The molecular weight excluding hydrogens is 364 g/mol. The van der Waals surface area contributed by atoms with Crippen LogP contribution in [0.5, 0.6) is 5.75 Å². The molecule has 2 aromatic carbocycles. The van der Waals surface area contributed by atoms with Gasteiger partial charge in [0, 0.05) is 0 Å². The van der Waals surface area contributed by atoms with Crippen molar-refractivity contribution in [3.05, 3.63) is 71.8 Å². The lowest BCUT2D eigenvalue weighted by Gasteiger charge is -2.15. The Morgan fingerprint density at radius 3 is 3.00 bits per heavy atom. The largest absolute Gasteiger partial charge is 0.497 e. The maximum atomic E-state index is 9.07. The number of nitrogens with one attached hydrogen (secondary N) is 1. The highest BCUT2D eigenvalue weighted by atomic mass is 16.5. The monoisotopic (exact) mass is 382 g/mol. The molecule has 0 aliphatic heterocycles. The average molecular weight is 382 g/mol. The fourth-order valence-electron chi connectivity index (χ4n) is 3.86. The van der Waals surface area contributed by atoms with E-state index in [1.54, 1.807) is 38.0 Å². The molecule has 0 bridgehead atoms. The molecule has 1 N–H and O–H groups in total. The number of anilines is 1. The fourth-order valence-corrected chi connectivity index (χ4v) is 3.86. The van der Waals surface area contributed by atoms with E-state index in [0.29, 0.717) is 17.2 Å². The SMILES string of the molecule is COc1ccc2c(c1)CCC2Nc1cncc(-n2cnc3cc(C#N)ccc32)n1. The van der Waals surface area contributed by atoms with Gasteiger partial charge in [0.2, 0.25) is 0 Å². The third-order valence-corrected chi connectivity index (χ3v) is 5.30. The summed E-state index contributed by atoms with van der Waals surface area (Å²) in [6.07, 6.45) is 7.15. The fraction of sp³-hybridized carbons (Fsp3) is 0.182. The lowest BCUT2D eigenvalue weighted by molar-refractivity contribution is 0.414. The van der Waals surface area contributed by atoms with Gasteiger partial charge in [-0.05, 0) is 54.3 Å². The molecule has 29 heavy (non-hydrogen) atoms. The number of nitriles is 1. The van der Waals surface area contributed by atoms with E-state index in [1.807, 2.05) is 16.7 Å². The summed E-state index contributed by atoms with van der Waals surface area (Å²) in [5, 5.41) is 12.6. The van der Waals surface area contributed by atoms with Gasteiger partial charge in [0.05, 0.1) is 48.2 Å². The van der Waals surface area contributed by atoms with Crippen molar-refractivity contribution in [1.29, 1.82) is 5.26 Å². The number of hydrogen-bond acceptors (Lipinski definition) is 6. The highest BCUT2D eigenvalue weighted by Crippen LogP contribution is 2.35. The number of methoxy groups -OCH3 is 1. The van der Waals surface area contributed by atoms with Crippen LogP contribution in [0.1, 0.15) is 29.2 Å². The smallest absolute Gasteiger partial charge is 0.159 e. The van der Waals surface area contributed by atoms with Crippen molar-refractivity contribution in [2.75, 3.05) is 12.4 Å². The zero-order valence-electron chi connectivity index (χ0n) is 15.8. The Bertz CT molecular complexity index is 1260. The minimum Gasteiger partial charge on any atom is -0.497 e. The number of hydrogen-bond donors (Lipinski definition) is 1. The molecule has 0 radical (unpaired) electrons. The van der Waals surface area contributed by atoms with Crippen LogP contribution in [-0.4, -0.2) is 26.6 Å². The normalized spacial score (nSPS) is 15.1. The lowest BCUT2D eigenvalue weighted by atomic mass is 10.1. The van der Waals surface area contributed by atoms with Crippen LogP contribution in [-0.2, 0) is 6.42 Å². The van der Waals surface area contributed by atoms with Gasteiger partial charge in [-0.25, -0.2) is 9.97 Å². The van der Waals surface area contributed by atoms with Gasteiger partial charge in [-0.2, -0.15) is 5.26 Å². The van der Waals surface area contributed by atoms with E-state index < -0.39 is 0 Å². The Kier molecular flexibility index (Phi) is 4.10. The summed E-state index contributed by atoms with van der Waals surface area (Å²) >= 11 is 0. The molecule has 1 unspecified atom stereocenters. The number of benzene rings is 2. The molecule has 7 heteroatoms. The number of rotatable bonds is 4. The van der Waals surface area contributed by atoms with E-state index in [0.717, 1.165) is 29.6 Å². The van der Waals surface area contributed by atoms with Crippen molar-refractivity contribution >= 4 is 16.9 Å². The van der Waals surface area contributed by atoms with E-state index in [-0.39, 0.29) is 6.04 Å². The molecule has 7 nitrogen and oxygen atoms in total. The van der Waals surface area contributed by atoms with E-state index in [4.69, 9.17) is 15.0 Å².